The van der Waals surface area contributed by atoms with Crippen molar-refractivity contribution in [3.05, 3.63) is 253 Å². The van der Waals surface area contributed by atoms with Gasteiger partial charge in [0.25, 0.3) is 0 Å². The Kier molecular flexibility index (Phi) is 9.05. The molecule has 2 aliphatic carbocycles. The van der Waals surface area contributed by atoms with Crippen LogP contribution in [0.15, 0.2) is 236 Å². The first-order chi connectivity index (χ1) is 31.5. The van der Waals surface area contributed by atoms with E-state index in [1.165, 1.54) is 88.0 Å². The fourth-order valence-corrected chi connectivity index (χ4v) is 11.0. The number of hydrogen-bond acceptors (Lipinski definition) is 1. The van der Waals surface area contributed by atoms with Gasteiger partial charge >= 0.3 is 0 Å². The average Bonchev–Trinajstić information content (AvgIpc) is 3.60. The molecule has 0 bridgehead atoms. The lowest BCUT2D eigenvalue weighted by atomic mass is 9.74. The Morgan fingerprint density at radius 1 is 0.422 bits per heavy atom. The van der Waals surface area contributed by atoms with E-state index in [4.69, 9.17) is 0 Å². The molecule has 64 heavy (non-hydrogen) atoms. The summed E-state index contributed by atoms with van der Waals surface area (Å²) in [5.41, 5.74) is 17.8. The molecule has 1 nitrogen and oxygen atoms in total. The quantitative estimate of drug-likeness (QED) is 0.145. The zero-order chi connectivity index (χ0) is 42.8. The van der Waals surface area contributed by atoms with Gasteiger partial charge in [-0.25, -0.2) is 0 Å². The third-order valence-electron chi connectivity index (χ3n) is 14.1. The second-order valence-electron chi connectivity index (χ2n) is 18.0. The summed E-state index contributed by atoms with van der Waals surface area (Å²) in [6.07, 6.45) is 5.89. The molecule has 0 N–H and O–H groups in total. The van der Waals surface area contributed by atoms with Gasteiger partial charge < -0.3 is 4.90 Å². The van der Waals surface area contributed by atoms with E-state index in [0.29, 0.717) is 0 Å². The number of fused-ring (bicyclic) bond motifs is 8. The van der Waals surface area contributed by atoms with E-state index in [0.717, 1.165) is 23.5 Å². The molecule has 10 aromatic carbocycles. The first kappa shape index (κ1) is 38.0. The zero-order valence-corrected chi connectivity index (χ0v) is 36.2. The first-order valence-corrected chi connectivity index (χ1v) is 22.6. The Labute approximate surface area is 375 Å². The van der Waals surface area contributed by atoms with Crippen molar-refractivity contribution in [2.75, 3.05) is 4.90 Å². The van der Waals surface area contributed by atoms with E-state index < -0.39 is 0 Å². The van der Waals surface area contributed by atoms with Crippen molar-refractivity contribution in [2.24, 2.45) is 0 Å². The Morgan fingerprint density at radius 2 is 0.969 bits per heavy atom. The molecule has 10 aromatic rings. The van der Waals surface area contributed by atoms with E-state index in [-0.39, 0.29) is 11.3 Å². The monoisotopic (exact) mass is 817 g/mol. The van der Waals surface area contributed by atoms with E-state index in [1.807, 2.05) is 0 Å². The number of benzene rings is 10. The van der Waals surface area contributed by atoms with E-state index in [2.05, 4.69) is 249 Å². The van der Waals surface area contributed by atoms with Crippen molar-refractivity contribution in [1.29, 1.82) is 0 Å². The van der Waals surface area contributed by atoms with Crippen molar-refractivity contribution in [3.8, 4) is 33.4 Å². The minimum Gasteiger partial charge on any atom is -0.311 e. The standard InChI is InChI=1S/C63H47N/c1-63(2)58-30-18-17-28-51(58)52-37-33-46(40-59(52)63)45-34-38-54-57(39-45)50-27-15-16-29-53(50)61-56(43-21-9-4-10-22-43)41-55(42-19-7-3-8-20-42)60(62(54)61)44-31-35-49(36-32-44)64(47-23-11-5-12-24-47)48-25-13-6-14-26-48/h3-39,41,46H,40H2,1-2H3. The van der Waals surface area contributed by atoms with Gasteiger partial charge in [0.15, 0.2) is 0 Å². The van der Waals surface area contributed by atoms with E-state index >= 15 is 0 Å². The Hall–Kier alpha value is -7.74. The van der Waals surface area contributed by atoms with Crippen molar-refractivity contribution >= 4 is 55.0 Å². The summed E-state index contributed by atoms with van der Waals surface area (Å²) in [6.45, 7) is 4.82. The van der Waals surface area contributed by atoms with Crippen molar-refractivity contribution < 1.29 is 0 Å². The smallest absolute Gasteiger partial charge is 0.0462 e. The van der Waals surface area contributed by atoms with Gasteiger partial charge in [0.1, 0.15) is 0 Å². The Morgan fingerprint density at radius 3 is 1.64 bits per heavy atom. The molecular weight excluding hydrogens is 771 g/mol. The number of allylic oxidation sites excluding steroid dienone is 4. The van der Waals surface area contributed by atoms with Crippen LogP contribution in [0.3, 0.4) is 0 Å². The highest BCUT2D eigenvalue weighted by atomic mass is 15.1. The van der Waals surface area contributed by atoms with Crippen LogP contribution in [-0.4, -0.2) is 0 Å². The molecule has 0 fully saturated rings. The average molecular weight is 818 g/mol. The Bertz CT molecular complexity index is 3410. The molecule has 2 aliphatic rings. The fraction of sp³-hybridized carbons (Fsp3) is 0.0794. The minimum atomic E-state index is 0.0000349. The highest BCUT2D eigenvalue weighted by Gasteiger charge is 2.39. The molecule has 0 amide bonds. The lowest BCUT2D eigenvalue weighted by molar-refractivity contribution is 0.591. The topological polar surface area (TPSA) is 3.24 Å². The molecule has 1 heteroatoms. The van der Waals surface area contributed by atoms with Gasteiger partial charge in [0.2, 0.25) is 0 Å². The van der Waals surface area contributed by atoms with Crippen LogP contribution in [0.2, 0.25) is 0 Å². The highest BCUT2D eigenvalue weighted by molar-refractivity contribution is 6.33. The molecule has 0 aliphatic heterocycles. The third-order valence-corrected chi connectivity index (χ3v) is 14.1. The minimum absolute atomic E-state index is 0.0000349. The van der Waals surface area contributed by atoms with Crippen LogP contribution < -0.4 is 4.90 Å². The molecule has 0 saturated carbocycles. The summed E-state index contributed by atoms with van der Waals surface area (Å²) >= 11 is 0. The van der Waals surface area contributed by atoms with Gasteiger partial charge in [-0.05, 0) is 143 Å². The predicted molar refractivity (Wildman–Crippen MR) is 273 cm³/mol. The van der Waals surface area contributed by atoms with Gasteiger partial charge in [0.05, 0.1) is 0 Å². The van der Waals surface area contributed by atoms with Gasteiger partial charge in [-0.1, -0.05) is 201 Å². The SMILES string of the molecule is CC1(C)C2=C(C=CC(c3ccc4c(c3)c3ccccc3c3c(-c5ccccc5)cc(-c5ccccc5)c(-c5ccc(N(c6ccccc6)c6ccccc6)cc5)c43)C2)c2ccccc21. The van der Waals surface area contributed by atoms with Crippen molar-refractivity contribution in [2.45, 2.75) is 31.6 Å². The zero-order valence-electron chi connectivity index (χ0n) is 36.2. The summed E-state index contributed by atoms with van der Waals surface area (Å²) in [5, 5.41) is 7.70. The predicted octanol–water partition coefficient (Wildman–Crippen LogP) is 17.4. The van der Waals surface area contributed by atoms with Crippen molar-refractivity contribution in [1.82, 2.24) is 0 Å². The number of hydrogen-bond donors (Lipinski definition) is 0. The van der Waals surface area contributed by atoms with Gasteiger partial charge in [-0.3, -0.25) is 0 Å². The highest BCUT2D eigenvalue weighted by Crippen LogP contribution is 2.54. The summed E-state index contributed by atoms with van der Waals surface area (Å²) < 4.78 is 0. The third kappa shape index (κ3) is 6.15. The maximum absolute atomic E-state index is 2.52. The summed E-state index contributed by atoms with van der Waals surface area (Å²) in [6, 6.07) is 80.5. The molecule has 0 spiro atoms. The molecule has 1 atom stereocenters. The summed E-state index contributed by atoms with van der Waals surface area (Å²) in [4.78, 5) is 2.34. The van der Waals surface area contributed by atoms with Crippen molar-refractivity contribution in [3.63, 3.8) is 0 Å². The van der Waals surface area contributed by atoms with Crippen LogP contribution in [0.25, 0.3) is 71.3 Å². The van der Waals surface area contributed by atoms with Crippen LogP contribution in [0, 0.1) is 0 Å². The van der Waals surface area contributed by atoms with Gasteiger partial charge in [-0.2, -0.15) is 0 Å². The van der Waals surface area contributed by atoms with Crippen LogP contribution in [0.5, 0.6) is 0 Å². The van der Waals surface area contributed by atoms with Gasteiger partial charge in [0, 0.05) is 28.4 Å². The normalized spacial score (nSPS) is 15.1. The first-order valence-electron chi connectivity index (χ1n) is 22.6. The maximum atomic E-state index is 2.52. The number of nitrogens with zero attached hydrogens (tertiary/aromatic N) is 1. The second-order valence-corrected chi connectivity index (χ2v) is 18.0. The molecular formula is C63H47N. The maximum Gasteiger partial charge on any atom is 0.0462 e. The number of para-hydroxylation sites is 2. The molecule has 0 heterocycles. The molecule has 0 saturated heterocycles. The number of rotatable bonds is 7. The van der Waals surface area contributed by atoms with Crippen LogP contribution in [0.4, 0.5) is 17.1 Å². The van der Waals surface area contributed by atoms with E-state index in [9.17, 15) is 0 Å². The van der Waals surface area contributed by atoms with Crippen LogP contribution in [-0.2, 0) is 5.41 Å². The lowest BCUT2D eigenvalue weighted by Gasteiger charge is -2.29. The molecule has 304 valence electrons. The van der Waals surface area contributed by atoms with Gasteiger partial charge in [-0.15, -0.1) is 0 Å². The lowest BCUT2D eigenvalue weighted by Crippen LogP contribution is -2.19. The Balaban J connectivity index is 1.11. The second kappa shape index (κ2) is 15.3. The molecule has 12 rings (SSSR count). The largest absolute Gasteiger partial charge is 0.311 e. The molecule has 1 unspecified atom stereocenters. The number of anilines is 3. The van der Waals surface area contributed by atoms with Crippen LogP contribution >= 0.6 is 0 Å². The van der Waals surface area contributed by atoms with Crippen LogP contribution in [0.1, 0.15) is 42.9 Å². The summed E-state index contributed by atoms with van der Waals surface area (Å²) in [5.74, 6) is 0.283. The molecule has 0 aromatic heterocycles. The van der Waals surface area contributed by atoms with E-state index in [1.54, 1.807) is 5.57 Å². The fourth-order valence-electron chi connectivity index (χ4n) is 11.0. The molecule has 0 radical (unpaired) electrons. The summed E-state index contributed by atoms with van der Waals surface area (Å²) in [7, 11) is 0.